The fraction of sp³-hybridized carbons (Fsp3) is 0.179. The molecule has 0 aromatic heterocycles. The number of aliphatic hydroxyl groups excluding tert-OH is 1. The quantitative estimate of drug-likeness (QED) is 0.198. The lowest BCUT2D eigenvalue weighted by atomic mass is 9.94. The Labute approximate surface area is 218 Å². The summed E-state index contributed by atoms with van der Waals surface area (Å²) in [4.78, 5) is 40.2. The van der Waals surface area contributed by atoms with Gasteiger partial charge >= 0.3 is 5.97 Å². The first-order valence-corrected chi connectivity index (χ1v) is 11.7. The normalized spacial score (nSPS) is 16.5. The van der Waals surface area contributed by atoms with E-state index in [0.29, 0.717) is 28.7 Å². The van der Waals surface area contributed by atoms with Gasteiger partial charge in [0.2, 0.25) is 0 Å². The van der Waals surface area contributed by atoms with Gasteiger partial charge in [0.1, 0.15) is 17.3 Å². The summed E-state index contributed by atoms with van der Waals surface area (Å²) in [7, 11) is 2.75. The van der Waals surface area contributed by atoms with Crippen LogP contribution in [0.15, 0.2) is 72.3 Å². The number of ether oxygens (including phenoxy) is 3. The molecule has 190 valence electrons. The fourth-order valence-corrected chi connectivity index (χ4v) is 4.37. The third kappa shape index (κ3) is 4.88. The van der Waals surface area contributed by atoms with E-state index in [-0.39, 0.29) is 22.4 Å². The third-order valence-corrected chi connectivity index (χ3v) is 6.22. The standard InChI is InChI=1S/C28H24ClNO7/c1-4-37-22-15-17(11-12-21(22)29)25(31)23-24(16-7-6-10-20(14-16)35-2)30(27(33)26(23)32)19-9-5-8-18(13-19)28(34)36-3/h5-15,24,31H,4H2,1-3H3/b25-23+. The lowest BCUT2D eigenvalue weighted by molar-refractivity contribution is -0.132. The number of hydrogen-bond acceptors (Lipinski definition) is 7. The molecule has 9 heteroatoms. The van der Waals surface area contributed by atoms with Crippen LogP contribution in [0.2, 0.25) is 5.02 Å². The van der Waals surface area contributed by atoms with Crippen LogP contribution in [0.5, 0.6) is 11.5 Å². The molecule has 3 aromatic rings. The summed E-state index contributed by atoms with van der Waals surface area (Å²) < 4.78 is 15.7. The van der Waals surface area contributed by atoms with Crippen molar-refractivity contribution in [2.24, 2.45) is 0 Å². The first-order chi connectivity index (χ1) is 17.8. The van der Waals surface area contributed by atoms with Gasteiger partial charge in [0.25, 0.3) is 11.7 Å². The summed E-state index contributed by atoms with van der Waals surface area (Å²) in [5.74, 6) is -1.92. The Morgan fingerprint density at radius 2 is 1.76 bits per heavy atom. The van der Waals surface area contributed by atoms with E-state index in [2.05, 4.69) is 0 Å². The van der Waals surface area contributed by atoms with E-state index in [9.17, 15) is 19.5 Å². The molecule has 1 unspecified atom stereocenters. The predicted octanol–water partition coefficient (Wildman–Crippen LogP) is 5.16. The number of rotatable bonds is 7. The van der Waals surface area contributed by atoms with Gasteiger partial charge in [-0.15, -0.1) is 0 Å². The van der Waals surface area contributed by atoms with Crippen LogP contribution in [0, 0.1) is 0 Å². The van der Waals surface area contributed by atoms with Crippen LogP contribution < -0.4 is 14.4 Å². The van der Waals surface area contributed by atoms with Crippen LogP contribution in [-0.2, 0) is 14.3 Å². The highest BCUT2D eigenvalue weighted by atomic mass is 35.5. The number of anilines is 1. The first-order valence-electron chi connectivity index (χ1n) is 11.4. The Morgan fingerprint density at radius 3 is 2.46 bits per heavy atom. The average molecular weight is 522 g/mol. The number of amides is 1. The zero-order chi connectivity index (χ0) is 26.7. The van der Waals surface area contributed by atoms with Crippen molar-refractivity contribution in [2.45, 2.75) is 13.0 Å². The van der Waals surface area contributed by atoms with Gasteiger partial charge in [0, 0.05) is 11.3 Å². The molecular formula is C28H24ClNO7. The van der Waals surface area contributed by atoms with E-state index in [0.717, 1.165) is 0 Å². The number of carbonyl (C=O) groups excluding carboxylic acids is 3. The molecule has 37 heavy (non-hydrogen) atoms. The number of methoxy groups -OCH3 is 2. The zero-order valence-electron chi connectivity index (χ0n) is 20.4. The number of halogens is 1. The second-order valence-electron chi connectivity index (χ2n) is 8.07. The molecule has 0 radical (unpaired) electrons. The van der Waals surface area contributed by atoms with Gasteiger partial charge in [-0.3, -0.25) is 14.5 Å². The molecule has 0 bridgehead atoms. The molecule has 1 atom stereocenters. The topological polar surface area (TPSA) is 102 Å². The van der Waals surface area contributed by atoms with Gasteiger partial charge in [0.15, 0.2) is 0 Å². The van der Waals surface area contributed by atoms with Crippen LogP contribution in [0.4, 0.5) is 5.69 Å². The second-order valence-corrected chi connectivity index (χ2v) is 8.47. The minimum Gasteiger partial charge on any atom is -0.507 e. The van der Waals surface area contributed by atoms with E-state index < -0.39 is 29.5 Å². The highest BCUT2D eigenvalue weighted by Crippen LogP contribution is 2.43. The van der Waals surface area contributed by atoms with Gasteiger partial charge < -0.3 is 19.3 Å². The highest BCUT2D eigenvalue weighted by Gasteiger charge is 2.47. The van der Waals surface area contributed by atoms with Crippen molar-refractivity contribution in [2.75, 3.05) is 25.7 Å². The number of aliphatic hydroxyl groups is 1. The van der Waals surface area contributed by atoms with Gasteiger partial charge in [-0.25, -0.2) is 4.79 Å². The van der Waals surface area contributed by atoms with Gasteiger partial charge in [-0.2, -0.15) is 0 Å². The average Bonchev–Trinajstić information content (AvgIpc) is 3.19. The number of esters is 1. The Morgan fingerprint density at radius 1 is 1.00 bits per heavy atom. The van der Waals surface area contributed by atoms with Crippen molar-refractivity contribution in [3.05, 3.63) is 94.0 Å². The maximum Gasteiger partial charge on any atom is 0.337 e. The van der Waals surface area contributed by atoms with Crippen molar-refractivity contribution >= 4 is 40.7 Å². The smallest absolute Gasteiger partial charge is 0.337 e. The van der Waals surface area contributed by atoms with Crippen molar-refractivity contribution < 1.29 is 33.7 Å². The molecule has 1 saturated heterocycles. The fourth-order valence-electron chi connectivity index (χ4n) is 4.20. The summed E-state index contributed by atoms with van der Waals surface area (Å²) in [6.07, 6.45) is 0. The molecule has 1 heterocycles. The number of ketones is 1. The summed E-state index contributed by atoms with van der Waals surface area (Å²) in [6.45, 7) is 2.13. The maximum atomic E-state index is 13.4. The Balaban J connectivity index is 1.95. The molecule has 3 aromatic carbocycles. The highest BCUT2D eigenvalue weighted by molar-refractivity contribution is 6.51. The monoisotopic (exact) mass is 521 g/mol. The van der Waals surface area contributed by atoms with Crippen LogP contribution in [0.25, 0.3) is 5.76 Å². The maximum absolute atomic E-state index is 13.4. The number of benzene rings is 3. The van der Waals surface area contributed by atoms with Crippen molar-refractivity contribution in [3.63, 3.8) is 0 Å². The van der Waals surface area contributed by atoms with Crippen LogP contribution in [-0.4, -0.2) is 43.6 Å². The molecule has 0 aliphatic carbocycles. The number of nitrogens with zero attached hydrogens (tertiary/aromatic N) is 1. The van der Waals surface area contributed by atoms with Crippen LogP contribution >= 0.6 is 11.6 Å². The zero-order valence-corrected chi connectivity index (χ0v) is 21.1. The van der Waals surface area contributed by atoms with E-state index in [4.69, 9.17) is 25.8 Å². The minimum atomic E-state index is -1.02. The Kier molecular flexibility index (Phi) is 7.50. The molecule has 4 rings (SSSR count). The van der Waals surface area contributed by atoms with Gasteiger partial charge in [-0.05, 0) is 61.0 Å². The molecule has 1 amide bonds. The molecule has 1 aliphatic heterocycles. The number of carbonyl (C=O) groups is 3. The second kappa shape index (κ2) is 10.8. The summed E-state index contributed by atoms with van der Waals surface area (Å²) in [5.41, 5.74) is 1.12. The first kappa shape index (κ1) is 25.8. The van der Waals surface area contributed by atoms with Crippen molar-refractivity contribution in [1.82, 2.24) is 0 Å². The Bertz CT molecular complexity index is 1420. The van der Waals surface area contributed by atoms with E-state index in [1.54, 1.807) is 43.3 Å². The molecule has 8 nitrogen and oxygen atoms in total. The number of hydrogen-bond donors (Lipinski definition) is 1. The molecular weight excluding hydrogens is 498 g/mol. The van der Waals surface area contributed by atoms with E-state index >= 15 is 0 Å². The van der Waals surface area contributed by atoms with Gasteiger partial charge in [0.05, 0.1) is 43.0 Å². The molecule has 0 saturated carbocycles. The third-order valence-electron chi connectivity index (χ3n) is 5.90. The van der Waals surface area contributed by atoms with Crippen LogP contribution in [0.1, 0.15) is 34.5 Å². The molecule has 1 fully saturated rings. The Hall–Kier alpha value is -4.30. The van der Waals surface area contributed by atoms with Crippen molar-refractivity contribution in [1.29, 1.82) is 0 Å². The largest absolute Gasteiger partial charge is 0.507 e. The molecule has 0 spiro atoms. The number of Topliss-reactive ketones (excluding diaryl/α,β-unsaturated/α-hetero) is 1. The SMILES string of the molecule is CCOc1cc(/C(O)=C2\C(=O)C(=O)N(c3cccc(C(=O)OC)c3)C2c2cccc(OC)c2)ccc1Cl. The van der Waals surface area contributed by atoms with Crippen LogP contribution in [0.3, 0.4) is 0 Å². The minimum absolute atomic E-state index is 0.133. The summed E-state index contributed by atoms with van der Waals surface area (Å²) in [6, 6.07) is 16.6. The molecule has 1 aliphatic rings. The lowest BCUT2D eigenvalue weighted by Crippen LogP contribution is -2.29. The van der Waals surface area contributed by atoms with Gasteiger partial charge in [-0.1, -0.05) is 29.8 Å². The molecule has 1 N–H and O–H groups in total. The van der Waals surface area contributed by atoms with Crippen molar-refractivity contribution in [3.8, 4) is 11.5 Å². The predicted molar refractivity (Wildman–Crippen MR) is 138 cm³/mol. The lowest BCUT2D eigenvalue weighted by Gasteiger charge is -2.26. The summed E-state index contributed by atoms with van der Waals surface area (Å²) in [5, 5.41) is 11.7. The summed E-state index contributed by atoms with van der Waals surface area (Å²) >= 11 is 6.20. The van der Waals surface area contributed by atoms with E-state index in [1.165, 1.54) is 49.5 Å². The van der Waals surface area contributed by atoms with E-state index in [1.807, 2.05) is 0 Å².